The van der Waals surface area contributed by atoms with Crippen molar-refractivity contribution in [1.82, 2.24) is 15.1 Å². The zero-order valence-corrected chi connectivity index (χ0v) is 12.5. The van der Waals surface area contributed by atoms with Gasteiger partial charge in [0, 0.05) is 18.4 Å². The van der Waals surface area contributed by atoms with Crippen LogP contribution < -0.4 is 5.32 Å². The number of aromatic nitrogens is 2. The molecule has 1 aromatic heterocycles. The van der Waals surface area contributed by atoms with E-state index in [0.29, 0.717) is 0 Å². The molecule has 112 valence electrons. The Morgan fingerprint density at radius 2 is 2.24 bits per heavy atom. The molecular formula is C17H23N3O. The molecule has 1 aromatic carbocycles. The van der Waals surface area contributed by atoms with E-state index < -0.39 is 0 Å². The molecule has 2 atom stereocenters. The highest BCUT2D eigenvalue weighted by atomic mass is 16.5. The Balaban J connectivity index is 1.80. The van der Waals surface area contributed by atoms with Crippen molar-refractivity contribution in [3.8, 4) is 5.69 Å². The second-order valence-electron chi connectivity index (χ2n) is 5.54. The van der Waals surface area contributed by atoms with E-state index in [2.05, 4.69) is 35.7 Å². The molecule has 1 fully saturated rings. The van der Waals surface area contributed by atoms with Crippen LogP contribution in [0, 0.1) is 0 Å². The number of hydrogen-bond acceptors (Lipinski definition) is 3. The van der Waals surface area contributed by atoms with Gasteiger partial charge in [-0.25, -0.2) is 4.68 Å². The van der Waals surface area contributed by atoms with Crippen molar-refractivity contribution in [3.05, 3.63) is 48.3 Å². The number of ether oxygens (including phenoxy) is 1. The number of rotatable bonds is 6. The Morgan fingerprint density at radius 1 is 1.38 bits per heavy atom. The molecule has 2 heterocycles. The van der Waals surface area contributed by atoms with E-state index >= 15 is 0 Å². The molecule has 0 radical (unpaired) electrons. The smallest absolute Gasteiger partial charge is 0.0771 e. The fraction of sp³-hybridized carbons (Fsp3) is 0.471. The second-order valence-corrected chi connectivity index (χ2v) is 5.54. The minimum absolute atomic E-state index is 0.241. The topological polar surface area (TPSA) is 39.1 Å². The molecule has 0 saturated carbocycles. The number of para-hydroxylation sites is 1. The highest BCUT2D eigenvalue weighted by molar-refractivity contribution is 5.31. The van der Waals surface area contributed by atoms with E-state index in [4.69, 9.17) is 4.74 Å². The average molecular weight is 285 g/mol. The van der Waals surface area contributed by atoms with Crippen LogP contribution in [0.25, 0.3) is 5.69 Å². The van der Waals surface area contributed by atoms with Gasteiger partial charge in [0.2, 0.25) is 0 Å². The summed E-state index contributed by atoms with van der Waals surface area (Å²) in [7, 11) is 0. The number of benzene rings is 1. The summed E-state index contributed by atoms with van der Waals surface area (Å²) >= 11 is 0. The zero-order valence-electron chi connectivity index (χ0n) is 12.5. The van der Waals surface area contributed by atoms with Crippen LogP contribution in [0.2, 0.25) is 0 Å². The molecule has 3 rings (SSSR count). The largest absolute Gasteiger partial charge is 0.376 e. The second kappa shape index (κ2) is 6.87. The summed E-state index contributed by atoms with van der Waals surface area (Å²) in [6.07, 6.45) is 7.74. The predicted molar refractivity (Wildman–Crippen MR) is 83.6 cm³/mol. The van der Waals surface area contributed by atoms with Gasteiger partial charge in [-0.05, 0) is 37.9 Å². The minimum Gasteiger partial charge on any atom is -0.376 e. The molecule has 2 aromatic rings. The number of nitrogens with one attached hydrogen (secondary N) is 1. The molecule has 21 heavy (non-hydrogen) atoms. The SMILES string of the molecule is CCCNC(c1cnn(-c2ccccc2)c1)C1CCCO1. The molecule has 1 aliphatic heterocycles. The first kappa shape index (κ1) is 14.3. The Labute approximate surface area is 126 Å². The molecule has 1 saturated heterocycles. The summed E-state index contributed by atoms with van der Waals surface area (Å²) in [5.41, 5.74) is 2.30. The van der Waals surface area contributed by atoms with Crippen LogP contribution in [0.3, 0.4) is 0 Å². The first-order valence-electron chi connectivity index (χ1n) is 7.83. The van der Waals surface area contributed by atoms with Gasteiger partial charge in [0.1, 0.15) is 0 Å². The first-order valence-corrected chi connectivity index (χ1v) is 7.83. The molecule has 0 bridgehead atoms. The van der Waals surface area contributed by atoms with E-state index in [1.807, 2.05) is 29.1 Å². The van der Waals surface area contributed by atoms with E-state index in [-0.39, 0.29) is 12.1 Å². The van der Waals surface area contributed by atoms with Crippen molar-refractivity contribution in [2.75, 3.05) is 13.2 Å². The molecule has 0 spiro atoms. The lowest BCUT2D eigenvalue weighted by Gasteiger charge is -2.23. The van der Waals surface area contributed by atoms with E-state index in [1.165, 1.54) is 5.56 Å². The van der Waals surface area contributed by atoms with E-state index in [9.17, 15) is 0 Å². The summed E-state index contributed by atoms with van der Waals surface area (Å²) < 4.78 is 7.82. The van der Waals surface area contributed by atoms with Gasteiger partial charge in [-0.3, -0.25) is 0 Å². The molecule has 4 heteroatoms. The lowest BCUT2D eigenvalue weighted by molar-refractivity contribution is 0.0783. The average Bonchev–Trinajstić information content (AvgIpc) is 3.21. The van der Waals surface area contributed by atoms with Crippen LogP contribution in [0.15, 0.2) is 42.7 Å². The molecular weight excluding hydrogens is 262 g/mol. The van der Waals surface area contributed by atoms with Gasteiger partial charge in [-0.2, -0.15) is 5.10 Å². The molecule has 1 aliphatic rings. The number of hydrogen-bond donors (Lipinski definition) is 1. The molecule has 0 aliphatic carbocycles. The van der Waals surface area contributed by atoms with Crippen LogP contribution in [0.5, 0.6) is 0 Å². The van der Waals surface area contributed by atoms with Crippen LogP contribution in [0.1, 0.15) is 37.8 Å². The molecule has 1 N–H and O–H groups in total. The van der Waals surface area contributed by atoms with Crippen molar-refractivity contribution >= 4 is 0 Å². The maximum absolute atomic E-state index is 5.88. The zero-order chi connectivity index (χ0) is 14.5. The predicted octanol–water partition coefficient (Wildman–Crippen LogP) is 3.09. The van der Waals surface area contributed by atoms with Gasteiger partial charge in [0.25, 0.3) is 0 Å². The quantitative estimate of drug-likeness (QED) is 0.886. The summed E-state index contributed by atoms with van der Waals surface area (Å²) in [5, 5.41) is 8.12. The normalized spacial score (nSPS) is 19.8. The lowest BCUT2D eigenvalue weighted by Crippen LogP contribution is -2.32. The minimum atomic E-state index is 0.241. The third-order valence-corrected chi connectivity index (χ3v) is 3.93. The fourth-order valence-electron chi connectivity index (χ4n) is 2.85. The van der Waals surface area contributed by atoms with Gasteiger partial charge < -0.3 is 10.1 Å². The van der Waals surface area contributed by atoms with Gasteiger partial charge in [0.15, 0.2) is 0 Å². The summed E-state index contributed by atoms with van der Waals surface area (Å²) in [4.78, 5) is 0. The van der Waals surface area contributed by atoms with Gasteiger partial charge in [0.05, 0.1) is 24.0 Å². The van der Waals surface area contributed by atoms with Crippen molar-refractivity contribution in [2.24, 2.45) is 0 Å². The molecule has 0 amide bonds. The Bertz CT molecular complexity index is 546. The standard InChI is InChI=1S/C17H23N3O/c1-2-10-18-17(16-9-6-11-21-16)14-12-19-20(13-14)15-7-4-3-5-8-15/h3-5,7-8,12-13,16-18H,2,6,9-11H2,1H3. The third kappa shape index (κ3) is 3.34. The van der Waals surface area contributed by atoms with Crippen LogP contribution >= 0.6 is 0 Å². The van der Waals surface area contributed by atoms with E-state index in [1.54, 1.807) is 0 Å². The van der Waals surface area contributed by atoms with Crippen LogP contribution in [0.4, 0.5) is 0 Å². The third-order valence-electron chi connectivity index (χ3n) is 3.93. The fourth-order valence-corrected chi connectivity index (χ4v) is 2.85. The van der Waals surface area contributed by atoms with Gasteiger partial charge in [-0.1, -0.05) is 25.1 Å². The highest BCUT2D eigenvalue weighted by Gasteiger charge is 2.27. The molecule has 4 nitrogen and oxygen atoms in total. The van der Waals surface area contributed by atoms with Crippen LogP contribution in [-0.4, -0.2) is 29.0 Å². The summed E-state index contributed by atoms with van der Waals surface area (Å²) in [6, 6.07) is 10.5. The summed E-state index contributed by atoms with van der Waals surface area (Å²) in [6.45, 7) is 4.07. The molecule has 2 unspecified atom stereocenters. The first-order chi connectivity index (χ1) is 10.4. The number of nitrogens with zero attached hydrogens (tertiary/aromatic N) is 2. The Kier molecular flexibility index (Phi) is 4.68. The van der Waals surface area contributed by atoms with Crippen molar-refractivity contribution < 1.29 is 4.74 Å². The summed E-state index contributed by atoms with van der Waals surface area (Å²) in [5.74, 6) is 0. The van der Waals surface area contributed by atoms with Gasteiger partial charge in [-0.15, -0.1) is 0 Å². The lowest BCUT2D eigenvalue weighted by atomic mass is 10.0. The Morgan fingerprint density at radius 3 is 2.95 bits per heavy atom. The monoisotopic (exact) mass is 285 g/mol. The van der Waals surface area contributed by atoms with Gasteiger partial charge >= 0.3 is 0 Å². The van der Waals surface area contributed by atoms with Crippen LogP contribution in [-0.2, 0) is 4.74 Å². The van der Waals surface area contributed by atoms with Crippen molar-refractivity contribution in [1.29, 1.82) is 0 Å². The van der Waals surface area contributed by atoms with Crippen molar-refractivity contribution in [3.63, 3.8) is 0 Å². The maximum Gasteiger partial charge on any atom is 0.0771 e. The van der Waals surface area contributed by atoms with E-state index in [0.717, 1.165) is 38.1 Å². The Hall–Kier alpha value is -1.65. The highest BCUT2D eigenvalue weighted by Crippen LogP contribution is 2.27. The maximum atomic E-state index is 5.88. The van der Waals surface area contributed by atoms with Crippen molar-refractivity contribution in [2.45, 2.75) is 38.3 Å².